The first-order chi connectivity index (χ1) is 13.8. The molecule has 1 fully saturated rings. The van der Waals surface area contributed by atoms with E-state index in [9.17, 15) is 17.6 Å². The Morgan fingerprint density at radius 2 is 1.97 bits per heavy atom. The number of hydrogen-bond acceptors (Lipinski definition) is 6. The number of benzene rings is 2. The fraction of sp³-hybridized carbons (Fsp3) is 0.263. The van der Waals surface area contributed by atoms with Crippen molar-refractivity contribution < 1.29 is 17.6 Å². The Morgan fingerprint density at radius 3 is 2.66 bits per heavy atom. The Balaban J connectivity index is 1.25. The molecule has 0 atom stereocenters. The molecule has 0 radical (unpaired) electrons. The van der Waals surface area contributed by atoms with Crippen LogP contribution in [0.4, 0.5) is 9.52 Å². The average Bonchev–Trinajstić information content (AvgIpc) is 3.02. The summed E-state index contributed by atoms with van der Waals surface area (Å²) in [5.74, 6) is -0.411. The number of anilines is 1. The fourth-order valence-electron chi connectivity index (χ4n) is 3.14. The quantitative estimate of drug-likeness (QED) is 0.616. The van der Waals surface area contributed by atoms with Crippen LogP contribution in [0.5, 0.6) is 0 Å². The van der Waals surface area contributed by atoms with E-state index in [-0.39, 0.29) is 22.5 Å². The van der Waals surface area contributed by atoms with Crippen molar-refractivity contribution >= 4 is 42.6 Å². The van der Waals surface area contributed by atoms with Crippen LogP contribution < -0.4 is 15.4 Å². The maximum atomic E-state index is 13.3. The van der Waals surface area contributed by atoms with Crippen molar-refractivity contribution in [2.75, 3.05) is 24.5 Å². The van der Waals surface area contributed by atoms with Crippen LogP contribution in [0, 0.1) is 11.7 Å². The summed E-state index contributed by atoms with van der Waals surface area (Å²) in [6.07, 6.45) is 0.594. The standard InChI is InChI=1S/C19H19FN4O3S2/c20-14-3-6-16-17(9-14)28-19(23-16)24-10-13(11-24)18(25)22-8-7-12-1-4-15(5-2-12)29(21,26)27/h1-6,9,13H,7-8,10-11H2,(H,22,25)(H2,21,26,27). The summed E-state index contributed by atoms with van der Waals surface area (Å²) in [7, 11) is -3.70. The lowest BCUT2D eigenvalue weighted by molar-refractivity contribution is -0.125. The third-order valence-corrected chi connectivity index (χ3v) is 6.84. The molecule has 4 rings (SSSR count). The number of halogens is 1. The molecule has 1 amide bonds. The molecular weight excluding hydrogens is 415 g/mol. The molecule has 2 heterocycles. The highest BCUT2D eigenvalue weighted by Crippen LogP contribution is 2.33. The van der Waals surface area contributed by atoms with Crippen molar-refractivity contribution in [2.45, 2.75) is 11.3 Å². The number of thiazole rings is 1. The van der Waals surface area contributed by atoms with Gasteiger partial charge in [-0.25, -0.2) is 22.9 Å². The first kappa shape index (κ1) is 19.7. The molecule has 1 saturated heterocycles. The van der Waals surface area contributed by atoms with Gasteiger partial charge in [0.1, 0.15) is 5.82 Å². The number of nitrogens with zero attached hydrogens (tertiary/aromatic N) is 2. The third kappa shape index (κ3) is 4.39. The van der Waals surface area contributed by atoms with Gasteiger partial charge in [0.2, 0.25) is 15.9 Å². The van der Waals surface area contributed by atoms with Gasteiger partial charge in [-0.2, -0.15) is 0 Å². The summed E-state index contributed by atoms with van der Waals surface area (Å²) in [5.41, 5.74) is 1.67. The minimum absolute atomic E-state index is 0.0189. The van der Waals surface area contributed by atoms with Crippen LogP contribution in [0.3, 0.4) is 0 Å². The topological polar surface area (TPSA) is 105 Å². The van der Waals surface area contributed by atoms with Gasteiger partial charge in [-0.05, 0) is 42.3 Å². The number of rotatable bonds is 6. The molecule has 29 heavy (non-hydrogen) atoms. The number of hydrogen-bond donors (Lipinski definition) is 2. The van der Waals surface area contributed by atoms with Gasteiger partial charge in [0.25, 0.3) is 0 Å². The molecule has 1 aliphatic rings. The lowest BCUT2D eigenvalue weighted by atomic mass is 10.00. The summed E-state index contributed by atoms with van der Waals surface area (Å²) < 4.78 is 36.6. The van der Waals surface area contributed by atoms with Crippen molar-refractivity contribution in [3.05, 3.63) is 53.8 Å². The number of primary sulfonamides is 1. The van der Waals surface area contributed by atoms with E-state index in [1.807, 2.05) is 4.90 Å². The third-order valence-electron chi connectivity index (χ3n) is 4.83. The Labute approximate surface area is 171 Å². The zero-order chi connectivity index (χ0) is 20.6. The van der Waals surface area contributed by atoms with Crippen molar-refractivity contribution in [3.63, 3.8) is 0 Å². The van der Waals surface area contributed by atoms with E-state index in [4.69, 9.17) is 5.14 Å². The number of amides is 1. The monoisotopic (exact) mass is 434 g/mol. The number of carbonyl (C=O) groups excluding carboxylic acids is 1. The van der Waals surface area contributed by atoms with Gasteiger partial charge in [-0.1, -0.05) is 23.5 Å². The predicted molar refractivity (Wildman–Crippen MR) is 110 cm³/mol. The van der Waals surface area contributed by atoms with Gasteiger partial charge in [0.05, 0.1) is 21.0 Å². The first-order valence-corrected chi connectivity index (χ1v) is 11.4. The van der Waals surface area contributed by atoms with Gasteiger partial charge in [0, 0.05) is 19.6 Å². The second-order valence-electron chi connectivity index (χ2n) is 6.94. The molecule has 0 unspecified atom stereocenters. The highest BCUT2D eigenvalue weighted by atomic mass is 32.2. The molecule has 1 aromatic heterocycles. The van der Waals surface area contributed by atoms with E-state index in [2.05, 4.69) is 10.3 Å². The lowest BCUT2D eigenvalue weighted by Crippen LogP contribution is -2.54. The number of sulfonamides is 1. The smallest absolute Gasteiger partial charge is 0.238 e. The minimum atomic E-state index is -3.70. The van der Waals surface area contributed by atoms with E-state index in [0.29, 0.717) is 26.1 Å². The van der Waals surface area contributed by atoms with Gasteiger partial charge in [0.15, 0.2) is 5.13 Å². The average molecular weight is 435 g/mol. The van der Waals surface area contributed by atoms with Crippen molar-refractivity contribution in [3.8, 4) is 0 Å². The van der Waals surface area contributed by atoms with E-state index in [1.165, 1.54) is 35.6 Å². The van der Waals surface area contributed by atoms with Crippen LogP contribution in [0.2, 0.25) is 0 Å². The summed E-state index contributed by atoms with van der Waals surface area (Å²) in [6.45, 7) is 1.62. The summed E-state index contributed by atoms with van der Waals surface area (Å²) in [4.78, 5) is 18.9. The summed E-state index contributed by atoms with van der Waals surface area (Å²) >= 11 is 1.42. The van der Waals surface area contributed by atoms with E-state index in [1.54, 1.807) is 18.2 Å². The fourth-order valence-corrected chi connectivity index (χ4v) is 4.67. The molecule has 0 aliphatic carbocycles. The maximum Gasteiger partial charge on any atom is 0.238 e. The molecule has 0 bridgehead atoms. The van der Waals surface area contributed by atoms with Gasteiger partial charge < -0.3 is 10.2 Å². The molecule has 3 N–H and O–H groups in total. The number of aromatic nitrogens is 1. The van der Waals surface area contributed by atoms with Crippen LogP contribution in [0.15, 0.2) is 47.4 Å². The largest absolute Gasteiger partial charge is 0.355 e. The molecule has 1 aliphatic heterocycles. The van der Waals surface area contributed by atoms with E-state index in [0.717, 1.165) is 20.9 Å². The molecule has 2 aromatic carbocycles. The maximum absolute atomic E-state index is 13.3. The SMILES string of the molecule is NS(=O)(=O)c1ccc(CCNC(=O)C2CN(c3nc4ccc(F)cc4s3)C2)cc1. The number of nitrogens with one attached hydrogen (secondary N) is 1. The highest BCUT2D eigenvalue weighted by Gasteiger charge is 2.34. The lowest BCUT2D eigenvalue weighted by Gasteiger charge is -2.37. The second-order valence-corrected chi connectivity index (χ2v) is 9.51. The van der Waals surface area contributed by atoms with Crippen molar-refractivity contribution in [1.82, 2.24) is 10.3 Å². The molecule has 0 spiro atoms. The van der Waals surface area contributed by atoms with Crippen molar-refractivity contribution in [1.29, 1.82) is 0 Å². The summed E-state index contributed by atoms with van der Waals surface area (Å²) in [5, 5.41) is 8.78. The number of fused-ring (bicyclic) bond motifs is 1. The van der Waals surface area contributed by atoms with Gasteiger partial charge in [-0.3, -0.25) is 4.79 Å². The van der Waals surface area contributed by atoms with Gasteiger partial charge in [-0.15, -0.1) is 0 Å². The summed E-state index contributed by atoms with van der Waals surface area (Å²) in [6, 6.07) is 10.8. The predicted octanol–water partition coefficient (Wildman–Crippen LogP) is 1.88. The second kappa shape index (κ2) is 7.69. The Kier molecular flexibility index (Phi) is 5.24. The van der Waals surface area contributed by atoms with Gasteiger partial charge >= 0.3 is 0 Å². The van der Waals surface area contributed by atoms with Crippen LogP contribution in [0.1, 0.15) is 5.56 Å². The van der Waals surface area contributed by atoms with Crippen LogP contribution in [-0.2, 0) is 21.2 Å². The van der Waals surface area contributed by atoms with E-state index < -0.39 is 10.0 Å². The Bertz CT molecular complexity index is 1160. The van der Waals surface area contributed by atoms with Crippen molar-refractivity contribution in [2.24, 2.45) is 11.1 Å². The first-order valence-electron chi connectivity index (χ1n) is 9.00. The molecule has 0 saturated carbocycles. The molecule has 3 aromatic rings. The van der Waals surface area contributed by atoms with E-state index >= 15 is 0 Å². The normalized spacial score (nSPS) is 14.8. The van der Waals surface area contributed by atoms with Crippen LogP contribution in [-0.4, -0.2) is 38.9 Å². The Morgan fingerprint density at radius 1 is 1.24 bits per heavy atom. The number of carbonyl (C=O) groups is 1. The molecular formula is C19H19FN4O3S2. The highest BCUT2D eigenvalue weighted by molar-refractivity contribution is 7.89. The van der Waals surface area contributed by atoms with Crippen LogP contribution >= 0.6 is 11.3 Å². The van der Waals surface area contributed by atoms with Crippen LogP contribution in [0.25, 0.3) is 10.2 Å². The Hall–Kier alpha value is -2.56. The number of nitrogens with two attached hydrogens (primary N) is 1. The minimum Gasteiger partial charge on any atom is -0.355 e. The molecule has 7 nitrogen and oxygen atoms in total. The molecule has 10 heteroatoms. The zero-order valence-corrected chi connectivity index (χ0v) is 17.0. The molecule has 152 valence electrons. The zero-order valence-electron chi connectivity index (χ0n) is 15.3.